The molecule has 0 fully saturated rings. The van der Waals surface area contributed by atoms with Crippen molar-refractivity contribution in [1.29, 1.82) is 0 Å². The molecule has 0 aliphatic rings. The van der Waals surface area contributed by atoms with Gasteiger partial charge in [0.25, 0.3) is 0 Å². The molecule has 1 unspecified atom stereocenters. The Hall–Kier alpha value is -2.08. The summed E-state index contributed by atoms with van der Waals surface area (Å²) in [5.74, 6) is 0.853. The fraction of sp³-hybridized carbons (Fsp3) is 0.375. The molecule has 2 rings (SSSR count). The van der Waals surface area contributed by atoms with Crippen molar-refractivity contribution >= 4 is 23.0 Å². The molecule has 0 aliphatic carbocycles. The Morgan fingerprint density at radius 1 is 1.36 bits per heavy atom. The van der Waals surface area contributed by atoms with Gasteiger partial charge in [-0.1, -0.05) is 0 Å². The first kappa shape index (κ1) is 16.3. The van der Waals surface area contributed by atoms with Crippen LogP contribution < -0.4 is 15.4 Å². The van der Waals surface area contributed by atoms with Crippen molar-refractivity contribution in [2.75, 3.05) is 11.9 Å². The highest BCUT2D eigenvalue weighted by molar-refractivity contribution is 7.80. The van der Waals surface area contributed by atoms with Gasteiger partial charge < -0.3 is 15.4 Å². The van der Waals surface area contributed by atoms with Gasteiger partial charge in [0.2, 0.25) is 0 Å². The minimum absolute atomic E-state index is 0.0939. The van der Waals surface area contributed by atoms with E-state index in [2.05, 4.69) is 22.7 Å². The number of thiocarbonyl (C=S) groups is 1. The van der Waals surface area contributed by atoms with E-state index >= 15 is 0 Å². The summed E-state index contributed by atoms with van der Waals surface area (Å²) in [7, 11) is 1.92. The fourth-order valence-electron chi connectivity index (χ4n) is 2.29. The Kier molecular flexibility index (Phi) is 5.38. The van der Waals surface area contributed by atoms with Crippen molar-refractivity contribution < 1.29 is 4.74 Å². The van der Waals surface area contributed by atoms with E-state index in [-0.39, 0.29) is 6.04 Å². The van der Waals surface area contributed by atoms with Crippen LogP contribution in [-0.2, 0) is 7.05 Å². The first-order valence-electron chi connectivity index (χ1n) is 7.30. The van der Waals surface area contributed by atoms with Gasteiger partial charge in [0.05, 0.1) is 18.3 Å². The second-order valence-electron chi connectivity index (χ2n) is 5.12. The largest absolute Gasteiger partial charge is 0.494 e. The molecule has 1 aromatic heterocycles. The van der Waals surface area contributed by atoms with Crippen molar-refractivity contribution in [2.45, 2.75) is 26.8 Å². The van der Waals surface area contributed by atoms with E-state index in [9.17, 15) is 0 Å². The number of anilines is 1. The molecule has 118 valence electrons. The summed E-state index contributed by atoms with van der Waals surface area (Å²) in [5, 5.41) is 11.4. The van der Waals surface area contributed by atoms with Gasteiger partial charge in [-0.15, -0.1) is 0 Å². The van der Waals surface area contributed by atoms with Crippen LogP contribution in [-0.4, -0.2) is 21.5 Å². The molecule has 0 amide bonds. The number of nitrogens with one attached hydrogen (secondary N) is 2. The maximum Gasteiger partial charge on any atom is 0.171 e. The maximum absolute atomic E-state index is 5.42. The van der Waals surface area contributed by atoms with Gasteiger partial charge in [-0.3, -0.25) is 4.68 Å². The van der Waals surface area contributed by atoms with Gasteiger partial charge in [-0.25, -0.2) is 0 Å². The minimum atomic E-state index is 0.0939. The quantitative estimate of drug-likeness (QED) is 0.829. The molecule has 1 heterocycles. The molecule has 0 spiro atoms. The summed E-state index contributed by atoms with van der Waals surface area (Å²) in [6.45, 7) is 6.69. The molecule has 1 atom stereocenters. The standard InChI is InChI=1S/C16H22N4OS/c1-5-21-14-8-6-13(7-9-14)18-16(22)17-11(2)15-10-20(4)19-12(15)3/h6-11H,5H2,1-4H3,(H2,17,18,22). The molecule has 1 aromatic carbocycles. The Morgan fingerprint density at radius 2 is 2.05 bits per heavy atom. The molecule has 2 aromatic rings. The number of ether oxygens (including phenoxy) is 1. The third-order valence-electron chi connectivity index (χ3n) is 3.29. The van der Waals surface area contributed by atoms with Gasteiger partial charge in [-0.2, -0.15) is 5.10 Å². The zero-order valence-corrected chi connectivity index (χ0v) is 14.2. The topological polar surface area (TPSA) is 51.1 Å². The van der Waals surface area contributed by atoms with E-state index in [1.54, 1.807) is 0 Å². The lowest BCUT2D eigenvalue weighted by atomic mass is 10.1. The van der Waals surface area contributed by atoms with Gasteiger partial charge in [0.1, 0.15) is 5.75 Å². The average Bonchev–Trinajstić information content (AvgIpc) is 2.80. The molecule has 0 saturated heterocycles. The number of benzene rings is 1. The highest BCUT2D eigenvalue weighted by Gasteiger charge is 2.12. The fourth-order valence-corrected chi connectivity index (χ4v) is 2.58. The van der Waals surface area contributed by atoms with Crippen molar-refractivity contribution in [3.8, 4) is 5.75 Å². The Morgan fingerprint density at radius 3 is 2.59 bits per heavy atom. The number of hydrogen-bond donors (Lipinski definition) is 2. The van der Waals surface area contributed by atoms with E-state index in [0.717, 1.165) is 22.7 Å². The van der Waals surface area contributed by atoms with Crippen LogP contribution in [0.25, 0.3) is 0 Å². The highest BCUT2D eigenvalue weighted by Crippen LogP contribution is 2.17. The van der Waals surface area contributed by atoms with Crippen molar-refractivity contribution in [3.05, 3.63) is 41.7 Å². The van der Waals surface area contributed by atoms with Gasteiger partial charge in [0, 0.05) is 24.5 Å². The molecular weight excluding hydrogens is 296 g/mol. The highest BCUT2D eigenvalue weighted by atomic mass is 32.1. The maximum atomic E-state index is 5.42. The molecule has 5 nitrogen and oxygen atoms in total. The summed E-state index contributed by atoms with van der Waals surface area (Å²) in [6, 6.07) is 7.82. The van der Waals surface area contributed by atoms with E-state index in [4.69, 9.17) is 17.0 Å². The summed E-state index contributed by atoms with van der Waals surface area (Å²) < 4.78 is 7.23. The predicted octanol–water partition coefficient (Wildman–Crippen LogP) is 3.17. The van der Waals surface area contributed by atoms with Crippen molar-refractivity contribution in [1.82, 2.24) is 15.1 Å². The molecule has 2 N–H and O–H groups in total. The summed E-state index contributed by atoms with van der Waals surface area (Å²) >= 11 is 5.37. The minimum Gasteiger partial charge on any atom is -0.494 e. The van der Waals surface area contributed by atoms with Gasteiger partial charge in [-0.05, 0) is 57.3 Å². The normalized spacial score (nSPS) is 11.8. The van der Waals surface area contributed by atoms with Crippen LogP contribution in [0.4, 0.5) is 5.69 Å². The van der Waals surface area contributed by atoms with Crippen molar-refractivity contribution in [2.24, 2.45) is 7.05 Å². The van der Waals surface area contributed by atoms with E-state index in [1.165, 1.54) is 0 Å². The number of nitrogens with zero attached hydrogens (tertiary/aromatic N) is 2. The molecular formula is C16H22N4OS. The summed E-state index contributed by atoms with van der Waals surface area (Å²) in [4.78, 5) is 0. The van der Waals surface area contributed by atoms with E-state index < -0.39 is 0 Å². The van der Waals surface area contributed by atoms with Crippen LogP contribution in [0.2, 0.25) is 0 Å². The lowest BCUT2D eigenvalue weighted by molar-refractivity contribution is 0.340. The zero-order valence-electron chi connectivity index (χ0n) is 13.4. The number of hydrogen-bond acceptors (Lipinski definition) is 3. The Labute approximate surface area is 136 Å². The monoisotopic (exact) mass is 318 g/mol. The van der Waals surface area contributed by atoms with Gasteiger partial charge in [0.15, 0.2) is 5.11 Å². The van der Waals surface area contributed by atoms with Crippen LogP contribution in [0.1, 0.15) is 31.1 Å². The number of aromatic nitrogens is 2. The second-order valence-corrected chi connectivity index (χ2v) is 5.53. The number of aryl methyl sites for hydroxylation is 2. The second kappa shape index (κ2) is 7.26. The molecule has 0 bridgehead atoms. The molecule has 0 saturated carbocycles. The smallest absolute Gasteiger partial charge is 0.171 e. The average molecular weight is 318 g/mol. The predicted molar refractivity (Wildman–Crippen MR) is 93.3 cm³/mol. The molecule has 6 heteroatoms. The SMILES string of the molecule is CCOc1ccc(NC(=S)NC(C)c2cn(C)nc2C)cc1. The Balaban J connectivity index is 1.93. The molecule has 0 aliphatic heterocycles. The molecule has 22 heavy (non-hydrogen) atoms. The number of rotatable bonds is 5. The first-order valence-corrected chi connectivity index (χ1v) is 7.71. The molecule has 0 radical (unpaired) electrons. The van der Waals surface area contributed by atoms with Crippen molar-refractivity contribution in [3.63, 3.8) is 0 Å². The lowest BCUT2D eigenvalue weighted by Crippen LogP contribution is -2.31. The van der Waals surface area contributed by atoms with Crippen LogP contribution in [0.15, 0.2) is 30.5 Å². The summed E-state index contributed by atoms with van der Waals surface area (Å²) in [5.41, 5.74) is 3.07. The van der Waals surface area contributed by atoms with Crippen LogP contribution in [0.5, 0.6) is 5.75 Å². The van der Waals surface area contributed by atoms with E-state index in [0.29, 0.717) is 11.7 Å². The van der Waals surface area contributed by atoms with Gasteiger partial charge >= 0.3 is 0 Å². The lowest BCUT2D eigenvalue weighted by Gasteiger charge is -2.16. The third-order valence-corrected chi connectivity index (χ3v) is 3.51. The Bertz CT molecular complexity index is 636. The third kappa shape index (κ3) is 4.21. The van der Waals surface area contributed by atoms with E-state index in [1.807, 2.05) is 56.0 Å². The summed E-state index contributed by atoms with van der Waals surface area (Å²) in [6.07, 6.45) is 2.01. The first-order chi connectivity index (χ1) is 10.5. The van der Waals surface area contributed by atoms with Crippen LogP contribution in [0.3, 0.4) is 0 Å². The van der Waals surface area contributed by atoms with Crippen LogP contribution >= 0.6 is 12.2 Å². The zero-order chi connectivity index (χ0) is 16.1. The van der Waals surface area contributed by atoms with Crippen LogP contribution in [0, 0.1) is 6.92 Å².